The maximum atomic E-state index is 11.7. The van der Waals surface area contributed by atoms with Crippen LogP contribution in [0.25, 0.3) is 0 Å². The van der Waals surface area contributed by atoms with Gasteiger partial charge < -0.3 is 0 Å². The first-order valence-corrected chi connectivity index (χ1v) is 5.84. The second-order valence-corrected chi connectivity index (χ2v) is 4.65. The molecule has 0 aromatic rings. The van der Waals surface area contributed by atoms with Crippen LogP contribution >= 0.6 is 11.8 Å². The molecule has 1 aliphatic heterocycles. The molecule has 0 radical (unpaired) electrons. The molecule has 2 heteroatoms. The van der Waals surface area contributed by atoms with Crippen molar-refractivity contribution in [2.75, 3.05) is 11.5 Å². The molecule has 0 unspecified atom stereocenters. The SMILES string of the molecule is O=C(C1=CCCCC1)C1CSC1. The second-order valence-electron chi connectivity index (χ2n) is 3.57. The molecule has 1 heterocycles. The predicted octanol–water partition coefficient (Wildman–Crippen LogP) is 2.42. The van der Waals surface area contributed by atoms with E-state index in [0.29, 0.717) is 11.7 Å². The summed E-state index contributed by atoms with van der Waals surface area (Å²) in [5.74, 6) is 2.96. The van der Waals surface area contributed by atoms with Crippen molar-refractivity contribution in [1.82, 2.24) is 0 Å². The summed E-state index contributed by atoms with van der Waals surface area (Å²) in [5, 5.41) is 0. The Bertz CT molecular complexity index is 216. The summed E-state index contributed by atoms with van der Waals surface area (Å²) in [4.78, 5) is 11.7. The number of carbonyl (C=O) groups excluding carboxylic acids is 1. The van der Waals surface area contributed by atoms with E-state index >= 15 is 0 Å². The number of thioether (sulfide) groups is 1. The molecule has 1 nitrogen and oxygen atoms in total. The molecule has 0 aromatic carbocycles. The van der Waals surface area contributed by atoms with E-state index in [1.54, 1.807) is 0 Å². The highest BCUT2D eigenvalue weighted by atomic mass is 32.2. The van der Waals surface area contributed by atoms with Gasteiger partial charge in [-0.2, -0.15) is 11.8 Å². The van der Waals surface area contributed by atoms with Crippen LogP contribution in [0.4, 0.5) is 0 Å². The first-order valence-electron chi connectivity index (χ1n) is 4.69. The highest BCUT2D eigenvalue weighted by Gasteiger charge is 2.28. The lowest BCUT2D eigenvalue weighted by Crippen LogP contribution is -2.29. The van der Waals surface area contributed by atoms with E-state index in [1.165, 1.54) is 12.8 Å². The number of ketones is 1. The molecule has 1 fully saturated rings. The fraction of sp³-hybridized carbons (Fsp3) is 0.700. The second kappa shape index (κ2) is 3.65. The van der Waals surface area contributed by atoms with Gasteiger partial charge in [0, 0.05) is 17.4 Å². The number of Topliss-reactive ketones (excluding diaryl/α,β-unsaturated/α-hetero) is 1. The van der Waals surface area contributed by atoms with Crippen LogP contribution in [0.1, 0.15) is 25.7 Å². The predicted molar refractivity (Wildman–Crippen MR) is 52.4 cm³/mol. The fourth-order valence-corrected chi connectivity index (χ4v) is 2.49. The normalized spacial score (nSPS) is 24.5. The summed E-state index contributed by atoms with van der Waals surface area (Å²) >= 11 is 1.89. The van der Waals surface area contributed by atoms with Gasteiger partial charge in [0.05, 0.1) is 0 Å². The smallest absolute Gasteiger partial charge is 0.163 e. The highest BCUT2D eigenvalue weighted by molar-refractivity contribution is 8.00. The Morgan fingerprint density at radius 1 is 1.42 bits per heavy atom. The molecule has 0 bridgehead atoms. The third-order valence-electron chi connectivity index (χ3n) is 2.62. The maximum Gasteiger partial charge on any atom is 0.163 e. The summed E-state index contributed by atoms with van der Waals surface area (Å²) in [5.41, 5.74) is 1.13. The van der Waals surface area contributed by atoms with Crippen molar-refractivity contribution in [3.05, 3.63) is 11.6 Å². The van der Waals surface area contributed by atoms with E-state index in [-0.39, 0.29) is 0 Å². The Morgan fingerprint density at radius 3 is 2.75 bits per heavy atom. The first-order chi connectivity index (χ1) is 5.88. The van der Waals surface area contributed by atoms with E-state index in [1.807, 2.05) is 11.8 Å². The fourth-order valence-electron chi connectivity index (χ4n) is 1.71. The van der Waals surface area contributed by atoms with Crippen molar-refractivity contribution >= 4 is 17.5 Å². The van der Waals surface area contributed by atoms with Crippen LogP contribution in [-0.2, 0) is 4.79 Å². The zero-order valence-electron chi connectivity index (χ0n) is 7.21. The minimum Gasteiger partial charge on any atom is -0.294 e. The third-order valence-corrected chi connectivity index (χ3v) is 3.89. The van der Waals surface area contributed by atoms with E-state index < -0.39 is 0 Å². The zero-order valence-corrected chi connectivity index (χ0v) is 8.03. The van der Waals surface area contributed by atoms with Gasteiger partial charge in [-0.1, -0.05) is 6.08 Å². The molecule has 1 aliphatic carbocycles. The van der Waals surface area contributed by atoms with Gasteiger partial charge >= 0.3 is 0 Å². The molecule has 12 heavy (non-hydrogen) atoms. The van der Waals surface area contributed by atoms with Gasteiger partial charge in [-0.05, 0) is 31.3 Å². The summed E-state index contributed by atoms with van der Waals surface area (Å²) in [7, 11) is 0. The van der Waals surface area contributed by atoms with Crippen molar-refractivity contribution in [3.63, 3.8) is 0 Å². The highest BCUT2D eigenvalue weighted by Crippen LogP contribution is 2.30. The summed E-state index contributed by atoms with van der Waals surface area (Å²) < 4.78 is 0. The van der Waals surface area contributed by atoms with Gasteiger partial charge in [0.1, 0.15) is 0 Å². The van der Waals surface area contributed by atoms with Gasteiger partial charge in [0.2, 0.25) is 0 Å². The Morgan fingerprint density at radius 2 is 2.25 bits per heavy atom. The van der Waals surface area contributed by atoms with Crippen LogP contribution < -0.4 is 0 Å². The van der Waals surface area contributed by atoms with E-state index in [2.05, 4.69) is 6.08 Å². The largest absolute Gasteiger partial charge is 0.294 e. The van der Waals surface area contributed by atoms with Gasteiger partial charge in [0.15, 0.2) is 5.78 Å². The molecule has 0 spiro atoms. The van der Waals surface area contributed by atoms with Gasteiger partial charge in [-0.3, -0.25) is 4.79 Å². The first kappa shape index (κ1) is 8.36. The quantitative estimate of drug-likeness (QED) is 0.652. The number of carbonyl (C=O) groups is 1. The topological polar surface area (TPSA) is 17.1 Å². The summed E-state index contributed by atoms with van der Waals surface area (Å²) in [6.07, 6.45) is 6.82. The summed E-state index contributed by atoms with van der Waals surface area (Å²) in [6, 6.07) is 0. The van der Waals surface area contributed by atoms with E-state index in [4.69, 9.17) is 0 Å². The summed E-state index contributed by atoms with van der Waals surface area (Å²) in [6.45, 7) is 0. The molecule has 2 rings (SSSR count). The average molecular weight is 182 g/mol. The Hall–Kier alpha value is -0.240. The number of hydrogen-bond donors (Lipinski definition) is 0. The van der Waals surface area contributed by atoms with Gasteiger partial charge in [-0.25, -0.2) is 0 Å². The van der Waals surface area contributed by atoms with Gasteiger partial charge in [-0.15, -0.1) is 0 Å². The Kier molecular flexibility index (Phi) is 2.54. The van der Waals surface area contributed by atoms with E-state index in [0.717, 1.165) is 29.9 Å². The number of rotatable bonds is 2. The van der Waals surface area contributed by atoms with Crippen LogP contribution in [0.5, 0.6) is 0 Å². The monoisotopic (exact) mass is 182 g/mol. The molecule has 0 amide bonds. The molecule has 0 N–H and O–H groups in total. The Labute approximate surface area is 77.6 Å². The van der Waals surface area contributed by atoms with Crippen LogP contribution in [-0.4, -0.2) is 17.3 Å². The van der Waals surface area contributed by atoms with Crippen molar-refractivity contribution in [2.45, 2.75) is 25.7 Å². The number of hydrogen-bond acceptors (Lipinski definition) is 2. The van der Waals surface area contributed by atoms with Crippen LogP contribution in [0.3, 0.4) is 0 Å². The van der Waals surface area contributed by atoms with Crippen molar-refractivity contribution < 1.29 is 4.79 Å². The lowest BCUT2D eigenvalue weighted by molar-refractivity contribution is -0.118. The van der Waals surface area contributed by atoms with Crippen LogP contribution in [0.15, 0.2) is 11.6 Å². The molecular weight excluding hydrogens is 168 g/mol. The van der Waals surface area contributed by atoms with Crippen molar-refractivity contribution in [3.8, 4) is 0 Å². The molecule has 2 aliphatic rings. The molecule has 66 valence electrons. The standard InChI is InChI=1S/C10H14OS/c11-10(9-6-12-7-9)8-4-2-1-3-5-8/h4,9H,1-3,5-7H2. The third kappa shape index (κ3) is 1.58. The average Bonchev–Trinajstić information content (AvgIpc) is 2.03. The van der Waals surface area contributed by atoms with Crippen molar-refractivity contribution in [2.24, 2.45) is 5.92 Å². The van der Waals surface area contributed by atoms with Crippen LogP contribution in [0, 0.1) is 5.92 Å². The van der Waals surface area contributed by atoms with Gasteiger partial charge in [0.25, 0.3) is 0 Å². The Balaban J connectivity index is 1.97. The van der Waals surface area contributed by atoms with E-state index in [9.17, 15) is 4.79 Å². The lowest BCUT2D eigenvalue weighted by Gasteiger charge is -2.25. The minimum absolute atomic E-state index is 0.374. The molecule has 0 atom stereocenters. The maximum absolute atomic E-state index is 11.7. The molecule has 1 saturated heterocycles. The molecular formula is C10H14OS. The van der Waals surface area contributed by atoms with Crippen molar-refractivity contribution in [1.29, 1.82) is 0 Å². The zero-order chi connectivity index (χ0) is 8.39. The minimum atomic E-state index is 0.374. The number of allylic oxidation sites excluding steroid dienone is 2. The molecule has 0 saturated carbocycles. The van der Waals surface area contributed by atoms with Crippen LogP contribution in [0.2, 0.25) is 0 Å². The molecule has 0 aromatic heterocycles. The lowest BCUT2D eigenvalue weighted by atomic mass is 9.91.